The van der Waals surface area contributed by atoms with E-state index >= 15 is 0 Å². The number of esters is 1. The van der Waals surface area contributed by atoms with E-state index in [-0.39, 0.29) is 5.91 Å². The molecule has 0 heterocycles. The first kappa shape index (κ1) is 16.7. The van der Waals surface area contributed by atoms with Gasteiger partial charge in [-0.05, 0) is 50.1 Å². The number of amides is 1. The number of hydrogen-bond donors (Lipinski definition) is 1. The molecule has 0 fully saturated rings. The molecule has 0 bridgehead atoms. The third-order valence-electron chi connectivity index (χ3n) is 3.51. The normalized spacial score (nSPS) is 10.2. The maximum Gasteiger partial charge on any atom is 0.338 e. The average Bonchev–Trinajstić information content (AvgIpc) is 2.51. The van der Waals surface area contributed by atoms with Gasteiger partial charge < -0.3 is 10.1 Å². The Morgan fingerprint density at radius 3 is 2.61 bits per heavy atom. The van der Waals surface area contributed by atoms with Crippen LogP contribution in [0.2, 0.25) is 0 Å². The lowest BCUT2D eigenvalue weighted by atomic mass is 10.0. The van der Waals surface area contributed by atoms with Crippen molar-refractivity contribution in [3.8, 4) is 0 Å². The van der Waals surface area contributed by atoms with E-state index in [4.69, 9.17) is 4.74 Å². The Bertz CT molecular complexity index is 722. The van der Waals surface area contributed by atoms with Crippen molar-refractivity contribution in [1.29, 1.82) is 0 Å². The zero-order chi connectivity index (χ0) is 16.8. The second-order valence-corrected chi connectivity index (χ2v) is 5.46. The first-order valence-electron chi connectivity index (χ1n) is 7.62. The SMILES string of the molecule is CCOC(=O)c1cccc(NC(=O)Cc2cc(C)ccc2C)c1. The van der Waals surface area contributed by atoms with Crippen molar-refractivity contribution in [2.24, 2.45) is 0 Å². The first-order valence-corrected chi connectivity index (χ1v) is 7.62. The minimum absolute atomic E-state index is 0.111. The van der Waals surface area contributed by atoms with E-state index in [1.165, 1.54) is 0 Å². The van der Waals surface area contributed by atoms with Crippen LogP contribution < -0.4 is 5.32 Å². The molecule has 0 spiro atoms. The molecule has 1 amide bonds. The van der Waals surface area contributed by atoms with Crippen LogP contribution in [0.15, 0.2) is 42.5 Å². The smallest absolute Gasteiger partial charge is 0.338 e. The summed E-state index contributed by atoms with van der Waals surface area (Å²) in [6, 6.07) is 12.8. The summed E-state index contributed by atoms with van der Waals surface area (Å²) in [5.41, 5.74) is 4.24. The van der Waals surface area contributed by atoms with Crippen LogP contribution in [0.1, 0.15) is 34.0 Å². The highest BCUT2D eigenvalue weighted by molar-refractivity contribution is 5.95. The Labute approximate surface area is 136 Å². The molecule has 0 unspecified atom stereocenters. The van der Waals surface area contributed by atoms with Crippen LogP contribution in [0.25, 0.3) is 0 Å². The van der Waals surface area contributed by atoms with Crippen molar-refractivity contribution in [2.75, 3.05) is 11.9 Å². The summed E-state index contributed by atoms with van der Waals surface area (Å²) in [6.45, 7) is 6.07. The molecule has 0 saturated carbocycles. The molecular weight excluding hydrogens is 290 g/mol. The highest BCUT2D eigenvalue weighted by Crippen LogP contribution is 2.15. The molecule has 0 radical (unpaired) electrons. The van der Waals surface area contributed by atoms with Crippen LogP contribution in [-0.2, 0) is 16.0 Å². The molecule has 120 valence electrons. The Morgan fingerprint density at radius 2 is 1.87 bits per heavy atom. The third kappa shape index (κ3) is 4.68. The van der Waals surface area contributed by atoms with Gasteiger partial charge in [-0.1, -0.05) is 29.8 Å². The molecule has 0 aromatic heterocycles. The highest BCUT2D eigenvalue weighted by atomic mass is 16.5. The Balaban J connectivity index is 2.07. The van der Waals surface area contributed by atoms with Gasteiger partial charge in [-0.3, -0.25) is 4.79 Å². The van der Waals surface area contributed by atoms with Crippen molar-refractivity contribution in [3.63, 3.8) is 0 Å². The van der Waals surface area contributed by atoms with Crippen LogP contribution in [0.3, 0.4) is 0 Å². The number of nitrogens with one attached hydrogen (secondary N) is 1. The summed E-state index contributed by atoms with van der Waals surface area (Å²) in [5, 5.41) is 2.83. The minimum Gasteiger partial charge on any atom is -0.462 e. The lowest BCUT2D eigenvalue weighted by Gasteiger charge is -2.09. The monoisotopic (exact) mass is 311 g/mol. The second-order valence-electron chi connectivity index (χ2n) is 5.46. The summed E-state index contributed by atoms with van der Waals surface area (Å²) in [5.74, 6) is -0.502. The summed E-state index contributed by atoms with van der Waals surface area (Å²) in [6.07, 6.45) is 0.303. The number of hydrogen-bond acceptors (Lipinski definition) is 3. The molecule has 1 N–H and O–H groups in total. The highest BCUT2D eigenvalue weighted by Gasteiger charge is 2.10. The summed E-state index contributed by atoms with van der Waals surface area (Å²) >= 11 is 0. The van der Waals surface area contributed by atoms with E-state index in [1.54, 1.807) is 31.2 Å². The summed E-state index contributed by atoms with van der Waals surface area (Å²) < 4.78 is 4.96. The van der Waals surface area contributed by atoms with E-state index in [1.807, 2.05) is 32.0 Å². The number of anilines is 1. The molecule has 2 aromatic rings. The standard InChI is InChI=1S/C19H21NO3/c1-4-23-19(22)15-6-5-7-17(11-15)20-18(21)12-16-10-13(2)8-9-14(16)3/h5-11H,4,12H2,1-3H3,(H,20,21). The molecule has 4 heteroatoms. The molecular formula is C19H21NO3. The summed E-state index contributed by atoms with van der Waals surface area (Å²) in [7, 11) is 0. The topological polar surface area (TPSA) is 55.4 Å². The quantitative estimate of drug-likeness (QED) is 0.857. The van der Waals surface area contributed by atoms with Gasteiger partial charge >= 0.3 is 5.97 Å². The number of carbonyl (C=O) groups is 2. The van der Waals surface area contributed by atoms with Gasteiger partial charge in [-0.2, -0.15) is 0 Å². The molecule has 4 nitrogen and oxygen atoms in total. The van der Waals surface area contributed by atoms with Crippen molar-refractivity contribution >= 4 is 17.6 Å². The number of aryl methyl sites for hydroxylation is 2. The van der Waals surface area contributed by atoms with E-state index in [9.17, 15) is 9.59 Å². The van der Waals surface area contributed by atoms with Crippen molar-refractivity contribution in [3.05, 3.63) is 64.7 Å². The fourth-order valence-electron chi connectivity index (χ4n) is 2.31. The van der Waals surface area contributed by atoms with Crippen LogP contribution in [0, 0.1) is 13.8 Å². The van der Waals surface area contributed by atoms with E-state index in [0.717, 1.165) is 16.7 Å². The van der Waals surface area contributed by atoms with E-state index in [0.29, 0.717) is 24.3 Å². The number of rotatable bonds is 5. The molecule has 2 aromatic carbocycles. The number of ether oxygens (including phenoxy) is 1. The zero-order valence-electron chi connectivity index (χ0n) is 13.7. The van der Waals surface area contributed by atoms with Gasteiger partial charge in [0, 0.05) is 5.69 Å². The van der Waals surface area contributed by atoms with Gasteiger partial charge in [-0.25, -0.2) is 4.79 Å². The van der Waals surface area contributed by atoms with Crippen LogP contribution >= 0.6 is 0 Å². The summed E-state index contributed by atoms with van der Waals surface area (Å²) in [4.78, 5) is 23.9. The largest absolute Gasteiger partial charge is 0.462 e. The molecule has 23 heavy (non-hydrogen) atoms. The predicted octanol–water partition coefficient (Wildman–Crippen LogP) is 3.66. The van der Waals surface area contributed by atoms with Crippen molar-refractivity contribution < 1.29 is 14.3 Å². The maximum atomic E-state index is 12.2. The van der Waals surface area contributed by atoms with Gasteiger partial charge in [-0.15, -0.1) is 0 Å². The molecule has 2 rings (SSSR count). The number of benzene rings is 2. The lowest BCUT2D eigenvalue weighted by Crippen LogP contribution is -2.15. The van der Waals surface area contributed by atoms with Crippen LogP contribution in [0.5, 0.6) is 0 Å². The fourth-order valence-corrected chi connectivity index (χ4v) is 2.31. The Morgan fingerprint density at radius 1 is 1.09 bits per heavy atom. The minimum atomic E-state index is -0.391. The average molecular weight is 311 g/mol. The fraction of sp³-hybridized carbons (Fsp3) is 0.263. The third-order valence-corrected chi connectivity index (χ3v) is 3.51. The number of carbonyl (C=O) groups excluding carboxylic acids is 2. The molecule has 0 aliphatic heterocycles. The molecule has 0 aliphatic carbocycles. The zero-order valence-corrected chi connectivity index (χ0v) is 13.7. The van der Waals surface area contributed by atoms with Crippen LogP contribution in [-0.4, -0.2) is 18.5 Å². The van der Waals surface area contributed by atoms with E-state index < -0.39 is 5.97 Å². The van der Waals surface area contributed by atoms with Crippen molar-refractivity contribution in [2.45, 2.75) is 27.2 Å². The van der Waals surface area contributed by atoms with Crippen LogP contribution in [0.4, 0.5) is 5.69 Å². The second kappa shape index (κ2) is 7.58. The van der Waals surface area contributed by atoms with Gasteiger partial charge in [0.15, 0.2) is 0 Å². The Hall–Kier alpha value is -2.62. The van der Waals surface area contributed by atoms with Gasteiger partial charge in [0.1, 0.15) is 0 Å². The Kier molecular flexibility index (Phi) is 5.52. The predicted molar refractivity (Wildman–Crippen MR) is 90.6 cm³/mol. The molecule has 0 saturated heterocycles. The van der Waals surface area contributed by atoms with E-state index in [2.05, 4.69) is 5.32 Å². The molecule has 0 atom stereocenters. The maximum absolute atomic E-state index is 12.2. The van der Waals surface area contributed by atoms with Gasteiger partial charge in [0.2, 0.25) is 5.91 Å². The van der Waals surface area contributed by atoms with Gasteiger partial charge in [0.25, 0.3) is 0 Å². The van der Waals surface area contributed by atoms with Gasteiger partial charge in [0.05, 0.1) is 18.6 Å². The first-order chi connectivity index (χ1) is 11.0. The lowest BCUT2D eigenvalue weighted by molar-refractivity contribution is -0.115. The molecule has 0 aliphatic rings. The van der Waals surface area contributed by atoms with Crippen molar-refractivity contribution in [1.82, 2.24) is 0 Å².